The zero-order chi connectivity index (χ0) is 25.2. The van der Waals surface area contributed by atoms with Crippen LogP contribution in [0.25, 0.3) is 0 Å². The molecule has 180 valence electrons. The Hall–Kier alpha value is -3.12. The second kappa shape index (κ2) is 13.3. The molecular weight excluding hydrogens is 500 g/mol. The van der Waals surface area contributed by atoms with E-state index in [1.165, 1.54) is 22.3 Å². The fraction of sp³-hybridized carbons (Fsp3) is 0.103. The minimum absolute atomic E-state index is 0.402. The molecule has 0 aliphatic heterocycles. The first-order chi connectivity index (χ1) is 17.6. The zero-order valence-electron chi connectivity index (χ0n) is 20.2. The van der Waals surface area contributed by atoms with E-state index >= 15 is 0 Å². The summed E-state index contributed by atoms with van der Waals surface area (Å²) < 4.78 is 1.91. The Kier molecular flexibility index (Phi) is 9.56. The number of benzene rings is 4. The van der Waals surface area contributed by atoms with Gasteiger partial charge >= 0.3 is 0 Å². The Morgan fingerprint density at radius 3 is 1.56 bits per heavy atom. The molecule has 0 unspecified atom stereocenters. The number of hydrogen-bond acceptors (Lipinski definition) is 2. The van der Waals surface area contributed by atoms with Gasteiger partial charge in [0.05, 0.1) is 9.52 Å². The van der Waals surface area contributed by atoms with Crippen LogP contribution in [0.3, 0.4) is 0 Å². The predicted molar refractivity (Wildman–Crippen MR) is 157 cm³/mol. The van der Waals surface area contributed by atoms with Crippen molar-refractivity contribution in [3.8, 4) is 0 Å². The summed E-state index contributed by atoms with van der Waals surface area (Å²) in [4.78, 5) is 4.01. The molecule has 0 N–H and O–H groups in total. The Labute approximate surface area is 226 Å². The molecule has 4 aromatic carbocycles. The summed E-state index contributed by atoms with van der Waals surface area (Å²) in [6, 6.07) is 37.4. The van der Waals surface area contributed by atoms with Crippen LogP contribution in [0.2, 0.25) is 10.0 Å². The lowest BCUT2D eigenvalue weighted by Gasteiger charge is -2.18. The molecule has 0 fully saturated rings. The van der Waals surface area contributed by atoms with Gasteiger partial charge < -0.3 is 0 Å². The Morgan fingerprint density at radius 1 is 0.667 bits per heavy atom. The average molecular weight is 528 g/mol. The molecular formula is C29H28BCl2N3Si. The van der Waals surface area contributed by atoms with Crippen LogP contribution < -0.4 is 0 Å². The van der Waals surface area contributed by atoms with Gasteiger partial charge in [-0.15, -0.1) is 0 Å². The van der Waals surface area contributed by atoms with E-state index in [1.807, 2.05) is 28.9 Å². The van der Waals surface area contributed by atoms with Crippen LogP contribution in [-0.2, 0) is 6.17 Å². The molecule has 0 atom stereocenters. The van der Waals surface area contributed by atoms with Crippen molar-refractivity contribution >= 4 is 40.6 Å². The van der Waals surface area contributed by atoms with Crippen molar-refractivity contribution < 1.29 is 0 Å². The van der Waals surface area contributed by atoms with Crippen LogP contribution in [-0.4, -0.2) is 32.1 Å². The van der Waals surface area contributed by atoms with Gasteiger partial charge in [0.2, 0.25) is 0 Å². The number of aromatic nitrogens is 3. The summed E-state index contributed by atoms with van der Waals surface area (Å²) in [5.41, 5.74) is 5.73. The molecule has 3 nitrogen and oxygen atoms in total. The first-order valence-corrected chi connectivity index (χ1v) is 14.6. The van der Waals surface area contributed by atoms with Gasteiger partial charge in [-0.1, -0.05) is 108 Å². The second-order valence-electron chi connectivity index (χ2n) is 8.65. The third-order valence-corrected chi connectivity index (χ3v) is 9.00. The molecule has 0 bridgehead atoms. The maximum Gasteiger partial charge on any atom is 0.137 e. The van der Waals surface area contributed by atoms with Crippen LogP contribution in [0, 0.1) is 0 Å². The minimum Gasteiger partial charge on any atom is -0.257 e. The third-order valence-electron chi connectivity index (χ3n) is 6.26. The lowest BCUT2D eigenvalue weighted by atomic mass is 9.76. The van der Waals surface area contributed by atoms with Crippen molar-refractivity contribution in [1.29, 1.82) is 0 Å². The molecule has 1 aromatic heterocycles. The molecule has 7 heteroatoms. The molecule has 1 heterocycles. The molecule has 5 aromatic rings. The van der Waals surface area contributed by atoms with E-state index in [-0.39, 0.29) is 0 Å². The molecule has 0 saturated carbocycles. The topological polar surface area (TPSA) is 30.7 Å². The van der Waals surface area contributed by atoms with E-state index in [9.17, 15) is 0 Å². The van der Waals surface area contributed by atoms with Crippen LogP contribution in [0.15, 0.2) is 122 Å². The fourth-order valence-corrected chi connectivity index (χ4v) is 6.42. The number of rotatable bonds is 7. The van der Waals surface area contributed by atoms with Gasteiger partial charge in [-0.3, -0.25) is 4.68 Å². The zero-order valence-corrected chi connectivity index (χ0v) is 23.1. The maximum atomic E-state index is 6.01. The highest BCUT2D eigenvalue weighted by Gasteiger charge is 2.15. The first kappa shape index (κ1) is 26.0. The van der Waals surface area contributed by atoms with Gasteiger partial charge in [0, 0.05) is 16.2 Å². The lowest BCUT2D eigenvalue weighted by Crippen LogP contribution is -2.16. The Balaban J connectivity index is 0.000000187. The Morgan fingerprint density at radius 2 is 1.14 bits per heavy atom. The van der Waals surface area contributed by atoms with Gasteiger partial charge in [0.25, 0.3) is 0 Å². The van der Waals surface area contributed by atoms with Gasteiger partial charge in [-0.25, -0.2) is 4.98 Å². The summed E-state index contributed by atoms with van der Waals surface area (Å²) in [6.07, 6.45) is 4.29. The predicted octanol–water partition coefficient (Wildman–Crippen LogP) is 5.91. The summed E-state index contributed by atoms with van der Waals surface area (Å²) in [5.74, 6) is 0.484. The number of nitrogens with zero attached hydrogens (tertiary/aromatic N) is 3. The van der Waals surface area contributed by atoms with Crippen molar-refractivity contribution in [2.24, 2.45) is 0 Å². The van der Waals surface area contributed by atoms with Gasteiger partial charge in [0.1, 0.15) is 20.5 Å². The van der Waals surface area contributed by atoms with Crippen molar-refractivity contribution in [1.82, 2.24) is 14.8 Å². The van der Waals surface area contributed by atoms with E-state index in [0.717, 1.165) is 16.2 Å². The van der Waals surface area contributed by atoms with Crippen molar-refractivity contribution in [2.45, 2.75) is 17.5 Å². The minimum atomic E-state index is -0.490. The largest absolute Gasteiger partial charge is 0.257 e. The maximum absolute atomic E-state index is 6.01. The van der Waals surface area contributed by atoms with E-state index < -0.39 is 9.52 Å². The van der Waals surface area contributed by atoms with E-state index in [0.29, 0.717) is 11.4 Å². The lowest BCUT2D eigenvalue weighted by molar-refractivity contribution is 0.730. The standard InChI is InChI=1S/C16H15Cl2N3Si.C13H13B/c17-14-5-1-12(2-6-14)16(13-3-7-15(18)8-4-13)22-11-21-10-19-9-20-21;14-13(11-7-3-1-4-8-11)12-9-5-2-6-10-12/h1-10,16H,11,22H2;1-10,13H,14H2. The normalized spacial score (nSPS) is 11.1. The van der Waals surface area contributed by atoms with Crippen LogP contribution in [0.4, 0.5) is 0 Å². The molecule has 0 saturated heterocycles. The summed E-state index contributed by atoms with van der Waals surface area (Å²) in [5, 5.41) is 5.72. The van der Waals surface area contributed by atoms with Crippen molar-refractivity contribution in [2.75, 3.05) is 0 Å². The summed E-state index contributed by atoms with van der Waals surface area (Å²) >= 11 is 12.0. The van der Waals surface area contributed by atoms with Gasteiger partial charge in [-0.05, 0) is 57.9 Å². The molecule has 36 heavy (non-hydrogen) atoms. The SMILES string of the molecule is BC(c1ccccc1)c1ccccc1.Clc1ccc(C([SiH2]Cn2cncn2)c2ccc(Cl)cc2)cc1. The smallest absolute Gasteiger partial charge is 0.137 e. The van der Waals surface area contributed by atoms with Crippen LogP contribution >= 0.6 is 23.2 Å². The fourth-order valence-electron chi connectivity index (χ4n) is 4.20. The van der Waals surface area contributed by atoms with E-state index in [4.69, 9.17) is 23.2 Å². The molecule has 0 radical (unpaired) electrons. The number of halogens is 2. The molecule has 0 amide bonds. The summed E-state index contributed by atoms with van der Waals surface area (Å²) in [7, 11) is 1.75. The molecule has 0 spiro atoms. The molecule has 0 aliphatic rings. The van der Waals surface area contributed by atoms with Gasteiger partial charge in [0.15, 0.2) is 0 Å². The average Bonchev–Trinajstić information content (AvgIpc) is 3.45. The van der Waals surface area contributed by atoms with Gasteiger partial charge in [-0.2, -0.15) is 5.10 Å². The highest BCUT2D eigenvalue weighted by atomic mass is 35.5. The van der Waals surface area contributed by atoms with Crippen molar-refractivity contribution in [3.05, 3.63) is 154 Å². The first-order valence-electron chi connectivity index (χ1n) is 12.0. The van der Waals surface area contributed by atoms with Crippen LogP contribution in [0.1, 0.15) is 33.6 Å². The molecule has 0 aliphatic carbocycles. The third kappa shape index (κ3) is 7.44. The van der Waals surface area contributed by atoms with Crippen molar-refractivity contribution in [3.63, 3.8) is 0 Å². The second-order valence-corrected chi connectivity index (χ2v) is 11.4. The number of hydrogen-bond donors (Lipinski definition) is 0. The van der Waals surface area contributed by atoms with Crippen LogP contribution in [0.5, 0.6) is 0 Å². The van der Waals surface area contributed by atoms with E-state index in [1.54, 1.807) is 12.7 Å². The Bertz CT molecular complexity index is 1220. The molecule has 5 rings (SSSR count). The quantitative estimate of drug-likeness (QED) is 0.246. The highest BCUT2D eigenvalue weighted by Crippen LogP contribution is 2.26. The monoisotopic (exact) mass is 527 g/mol. The highest BCUT2D eigenvalue weighted by molar-refractivity contribution is 6.37. The summed E-state index contributed by atoms with van der Waals surface area (Å²) in [6.45, 7) is 0. The van der Waals surface area contributed by atoms with E-state index in [2.05, 4.69) is 103 Å².